The minimum absolute atomic E-state index is 0.0628. The van der Waals surface area contributed by atoms with Gasteiger partial charge in [-0.1, -0.05) is 59.8 Å². The van der Waals surface area contributed by atoms with E-state index in [2.05, 4.69) is 34.2 Å². The van der Waals surface area contributed by atoms with Crippen LogP contribution < -0.4 is 5.32 Å². The highest BCUT2D eigenvalue weighted by Gasteiger charge is 2.20. The molecule has 1 amide bonds. The molecule has 3 aromatic rings. The summed E-state index contributed by atoms with van der Waals surface area (Å²) >= 11 is 7.40. The Balaban J connectivity index is 1.92. The van der Waals surface area contributed by atoms with Gasteiger partial charge in [0.2, 0.25) is 5.91 Å². The van der Waals surface area contributed by atoms with E-state index in [1.165, 1.54) is 11.8 Å². The number of thioether (sulfide) groups is 1. The number of aromatic nitrogens is 3. The van der Waals surface area contributed by atoms with Crippen LogP contribution in [0.1, 0.15) is 12.5 Å². The van der Waals surface area contributed by atoms with Gasteiger partial charge in [0.05, 0.1) is 11.8 Å². The van der Waals surface area contributed by atoms with Gasteiger partial charge in [-0.2, -0.15) is 0 Å². The Hall–Kier alpha value is -2.57. The first kappa shape index (κ1) is 20.2. The first-order valence-electron chi connectivity index (χ1n) is 8.87. The smallest absolute Gasteiger partial charge is 0.233 e. The van der Waals surface area contributed by atoms with Gasteiger partial charge in [0, 0.05) is 17.1 Å². The Bertz CT molecular complexity index is 941. The molecule has 2 aromatic carbocycles. The zero-order chi connectivity index (χ0) is 19.9. The lowest BCUT2D eigenvalue weighted by atomic mass is 10.2. The molecule has 0 aliphatic carbocycles. The zero-order valence-electron chi connectivity index (χ0n) is 15.5. The van der Waals surface area contributed by atoms with E-state index in [0.29, 0.717) is 23.3 Å². The Labute approximate surface area is 173 Å². The Morgan fingerprint density at radius 3 is 2.61 bits per heavy atom. The number of hydrogen-bond acceptors (Lipinski definition) is 4. The van der Waals surface area contributed by atoms with Crippen molar-refractivity contribution in [2.24, 2.45) is 0 Å². The highest BCUT2D eigenvalue weighted by Crippen LogP contribution is 2.28. The van der Waals surface area contributed by atoms with Crippen LogP contribution in [0.3, 0.4) is 0 Å². The molecule has 28 heavy (non-hydrogen) atoms. The molecule has 1 N–H and O–H groups in total. The summed E-state index contributed by atoms with van der Waals surface area (Å²) in [5, 5.41) is 12.6. The van der Waals surface area contributed by atoms with Crippen LogP contribution in [0.4, 0.5) is 0 Å². The van der Waals surface area contributed by atoms with Gasteiger partial charge in [-0.05, 0) is 36.8 Å². The van der Waals surface area contributed by atoms with Crippen molar-refractivity contribution >= 4 is 29.3 Å². The van der Waals surface area contributed by atoms with Gasteiger partial charge >= 0.3 is 0 Å². The molecule has 1 aromatic heterocycles. The van der Waals surface area contributed by atoms with E-state index in [1.807, 2.05) is 54.0 Å². The van der Waals surface area contributed by atoms with E-state index in [-0.39, 0.29) is 11.2 Å². The fourth-order valence-electron chi connectivity index (χ4n) is 2.63. The van der Waals surface area contributed by atoms with Gasteiger partial charge in [-0.3, -0.25) is 9.36 Å². The van der Waals surface area contributed by atoms with Gasteiger partial charge < -0.3 is 5.32 Å². The van der Waals surface area contributed by atoms with Crippen LogP contribution in [0, 0.1) is 0 Å². The molecule has 0 saturated carbocycles. The molecule has 0 fully saturated rings. The van der Waals surface area contributed by atoms with Gasteiger partial charge in [0.25, 0.3) is 0 Å². The van der Waals surface area contributed by atoms with Gasteiger partial charge in [0.15, 0.2) is 11.0 Å². The van der Waals surface area contributed by atoms with Crippen LogP contribution in [0.15, 0.2) is 72.4 Å². The third-order valence-electron chi connectivity index (χ3n) is 4.07. The molecule has 1 atom stereocenters. The summed E-state index contributed by atoms with van der Waals surface area (Å²) in [6.45, 7) is 6.52. The molecule has 0 saturated heterocycles. The van der Waals surface area contributed by atoms with E-state index in [1.54, 1.807) is 6.08 Å². The maximum atomic E-state index is 12.2. The van der Waals surface area contributed by atoms with Crippen molar-refractivity contribution in [3.05, 3.63) is 77.8 Å². The zero-order valence-corrected chi connectivity index (χ0v) is 17.1. The van der Waals surface area contributed by atoms with Gasteiger partial charge in [-0.25, -0.2) is 0 Å². The van der Waals surface area contributed by atoms with Crippen molar-refractivity contribution in [3.63, 3.8) is 0 Å². The number of carbonyl (C=O) groups is 1. The molecule has 0 aliphatic heterocycles. The van der Waals surface area contributed by atoms with Gasteiger partial charge in [0.1, 0.15) is 0 Å². The lowest BCUT2D eigenvalue weighted by Crippen LogP contribution is -2.31. The molecule has 0 spiro atoms. The van der Waals surface area contributed by atoms with Crippen molar-refractivity contribution in [1.82, 2.24) is 20.1 Å². The van der Waals surface area contributed by atoms with Crippen molar-refractivity contribution in [2.45, 2.75) is 23.9 Å². The monoisotopic (exact) mass is 412 g/mol. The molecule has 0 aliphatic rings. The second-order valence-corrected chi connectivity index (χ2v) is 7.92. The SMILES string of the molecule is C=CCNC(=O)[C@H](C)Sc1nnc(-c2ccc(Cl)cc2)n1Cc1ccccc1. The molecule has 7 heteroatoms. The molecule has 0 bridgehead atoms. The molecule has 3 rings (SSSR count). The predicted octanol–water partition coefficient (Wildman–Crippen LogP) is 4.43. The normalized spacial score (nSPS) is 11.8. The minimum Gasteiger partial charge on any atom is -0.352 e. The number of halogens is 1. The van der Waals surface area contributed by atoms with Crippen LogP contribution in [-0.4, -0.2) is 32.5 Å². The second-order valence-electron chi connectivity index (χ2n) is 6.18. The summed E-state index contributed by atoms with van der Waals surface area (Å²) in [4.78, 5) is 12.2. The van der Waals surface area contributed by atoms with Crippen molar-refractivity contribution in [1.29, 1.82) is 0 Å². The average Bonchev–Trinajstić information content (AvgIpc) is 3.09. The van der Waals surface area contributed by atoms with E-state index < -0.39 is 0 Å². The quantitative estimate of drug-likeness (QED) is 0.439. The summed E-state index contributed by atoms with van der Waals surface area (Å²) in [5.74, 6) is 0.675. The Morgan fingerprint density at radius 2 is 1.93 bits per heavy atom. The number of carbonyl (C=O) groups excluding carboxylic acids is 1. The first-order chi connectivity index (χ1) is 13.6. The van der Waals surface area contributed by atoms with E-state index in [4.69, 9.17) is 11.6 Å². The molecular weight excluding hydrogens is 392 g/mol. The third-order valence-corrected chi connectivity index (χ3v) is 5.41. The fraction of sp³-hybridized carbons (Fsp3) is 0.190. The summed E-state index contributed by atoms with van der Waals surface area (Å²) < 4.78 is 2.03. The lowest BCUT2D eigenvalue weighted by molar-refractivity contribution is -0.120. The standard InChI is InChI=1S/C21H21ClN4OS/c1-3-13-23-20(27)15(2)28-21-25-24-19(17-9-11-18(22)12-10-17)26(21)14-16-7-5-4-6-8-16/h3-12,15H,1,13-14H2,2H3,(H,23,27)/t15-/m0/s1. The fourth-order valence-corrected chi connectivity index (χ4v) is 3.62. The van der Waals surface area contributed by atoms with Crippen molar-refractivity contribution in [3.8, 4) is 11.4 Å². The van der Waals surface area contributed by atoms with Crippen LogP contribution >= 0.6 is 23.4 Å². The molecule has 1 heterocycles. The molecule has 144 valence electrons. The Morgan fingerprint density at radius 1 is 1.21 bits per heavy atom. The number of amides is 1. The number of nitrogens with one attached hydrogen (secondary N) is 1. The maximum absolute atomic E-state index is 12.2. The highest BCUT2D eigenvalue weighted by atomic mass is 35.5. The number of rotatable bonds is 8. The average molecular weight is 413 g/mol. The van der Waals surface area contributed by atoms with Crippen LogP contribution in [0.25, 0.3) is 11.4 Å². The summed E-state index contributed by atoms with van der Waals surface area (Å²) in [6, 6.07) is 17.6. The molecule has 0 radical (unpaired) electrons. The third kappa shape index (κ3) is 5.03. The number of benzene rings is 2. The predicted molar refractivity (Wildman–Crippen MR) is 115 cm³/mol. The topological polar surface area (TPSA) is 59.8 Å². The number of nitrogens with zero attached hydrogens (tertiary/aromatic N) is 3. The van der Waals surface area contributed by atoms with Gasteiger partial charge in [-0.15, -0.1) is 16.8 Å². The van der Waals surface area contributed by atoms with E-state index in [9.17, 15) is 4.79 Å². The Kier molecular flexibility index (Phi) is 6.90. The van der Waals surface area contributed by atoms with E-state index in [0.717, 1.165) is 17.0 Å². The second kappa shape index (κ2) is 9.57. The molecule has 5 nitrogen and oxygen atoms in total. The maximum Gasteiger partial charge on any atom is 0.233 e. The molecule has 0 unspecified atom stereocenters. The van der Waals surface area contributed by atoms with Crippen LogP contribution in [0.2, 0.25) is 5.02 Å². The summed E-state index contributed by atoms with van der Waals surface area (Å²) in [7, 11) is 0. The van der Waals surface area contributed by atoms with E-state index >= 15 is 0 Å². The van der Waals surface area contributed by atoms with Crippen LogP contribution in [0.5, 0.6) is 0 Å². The first-order valence-corrected chi connectivity index (χ1v) is 10.1. The minimum atomic E-state index is -0.309. The largest absolute Gasteiger partial charge is 0.352 e. The summed E-state index contributed by atoms with van der Waals surface area (Å²) in [6.07, 6.45) is 1.66. The van der Waals surface area contributed by atoms with Crippen molar-refractivity contribution < 1.29 is 4.79 Å². The van der Waals surface area contributed by atoms with Crippen LogP contribution in [-0.2, 0) is 11.3 Å². The highest BCUT2D eigenvalue weighted by molar-refractivity contribution is 8.00. The number of hydrogen-bond donors (Lipinski definition) is 1. The molecular formula is C21H21ClN4OS. The lowest BCUT2D eigenvalue weighted by Gasteiger charge is -2.13. The summed E-state index contributed by atoms with van der Waals surface area (Å²) in [5.41, 5.74) is 2.05. The van der Waals surface area contributed by atoms with Crippen molar-refractivity contribution in [2.75, 3.05) is 6.54 Å².